The molecule has 0 bridgehead atoms. The molecule has 0 aliphatic rings. The third-order valence-corrected chi connectivity index (χ3v) is 3.89. The van der Waals surface area contributed by atoms with Crippen molar-refractivity contribution in [3.8, 4) is 17.2 Å². The number of ether oxygens (including phenoxy) is 4. The molecule has 0 radical (unpaired) electrons. The first-order valence-corrected chi connectivity index (χ1v) is 8.52. The van der Waals surface area contributed by atoms with Crippen LogP contribution >= 0.6 is 11.6 Å². The number of hydrogen-bond acceptors (Lipinski definition) is 5. The van der Waals surface area contributed by atoms with E-state index in [9.17, 15) is 4.79 Å². The van der Waals surface area contributed by atoms with Gasteiger partial charge in [-0.1, -0.05) is 29.8 Å². The Hall–Kier alpha value is -2.92. The lowest BCUT2D eigenvalue weighted by molar-refractivity contribution is -0.136. The Bertz CT molecular complexity index is 825. The SMILES string of the molecule is COc1cc(OC)c(OC)cc1/C=C/COC(=O)/C=C/c1ccc(Cl)cc1. The van der Waals surface area contributed by atoms with Crippen molar-refractivity contribution in [2.75, 3.05) is 27.9 Å². The minimum absolute atomic E-state index is 0.126. The van der Waals surface area contributed by atoms with Crippen LogP contribution in [0.25, 0.3) is 12.2 Å². The van der Waals surface area contributed by atoms with Crippen LogP contribution in [0.1, 0.15) is 11.1 Å². The molecule has 0 unspecified atom stereocenters. The summed E-state index contributed by atoms with van der Waals surface area (Å²) < 4.78 is 21.0. The van der Waals surface area contributed by atoms with E-state index in [2.05, 4.69) is 0 Å². The summed E-state index contributed by atoms with van der Waals surface area (Å²) in [6.07, 6.45) is 6.54. The third-order valence-electron chi connectivity index (χ3n) is 3.64. The maximum absolute atomic E-state index is 11.8. The second kappa shape index (κ2) is 10.3. The van der Waals surface area contributed by atoms with Crippen LogP contribution < -0.4 is 14.2 Å². The number of hydrogen-bond donors (Lipinski definition) is 0. The van der Waals surface area contributed by atoms with Gasteiger partial charge in [-0.15, -0.1) is 0 Å². The van der Waals surface area contributed by atoms with Crippen molar-refractivity contribution in [2.45, 2.75) is 0 Å². The van der Waals surface area contributed by atoms with E-state index in [1.807, 2.05) is 12.1 Å². The molecule has 0 fully saturated rings. The van der Waals surface area contributed by atoms with Crippen LogP contribution in [0.5, 0.6) is 17.2 Å². The molecule has 0 N–H and O–H groups in total. The van der Waals surface area contributed by atoms with Crippen molar-refractivity contribution >= 4 is 29.7 Å². The van der Waals surface area contributed by atoms with Gasteiger partial charge < -0.3 is 18.9 Å². The lowest BCUT2D eigenvalue weighted by atomic mass is 10.1. The molecule has 2 rings (SSSR count). The number of rotatable bonds is 8. The zero-order valence-electron chi connectivity index (χ0n) is 15.4. The van der Waals surface area contributed by atoms with E-state index in [0.717, 1.165) is 11.1 Å². The van der Waals surface area contributed by atoms with E-state index >= 15 is 0 Å². The van der Waals surface area contributed by atoms with Crippen LogP contribution in [0.4, 0.5) is 0 Å². The molecule has 142 valence electrons. The van der Waals surface area contributed by atoms with Crippen LogP contribution in [0, 0.1) is 0 Å². The van der Waals surface area contributed by atoms with Crippen LogP contribution in [0.15, 0.2) is 48.6 Å². The first-order chi connectivity index (χ1) is 13.1. The average molecular weight is 389 g/mol. The molecule has 6 heteroatoms. The van der Waals surface area contributed by atoms with Gasteiger partial charge in [0.2, 0.25) is 0 Å². The number of carbonyl (C=O) groups excluding carboxylic acids is 1. The normalized spacial score (nSPS) is 11.0. The molecule has 0 aliphatic heterocycles. The summed E-state index contributed by atoms with van der Waals surface area (Å²) in [5.74, 6) is 1.35. The van der Waals surface area contributed by atoms with Crippen LogP contribution in [-0.2, 0) is 9.53 Å². The highest BCUT2D eigenvalue weighted by Gasteiger charge is 2.09. The summed E-state index contributed by atoms with van der Waals surface area (Å²) in [7, 11) is 4.69. The second-order valence-electron chi connectivity index (χ2n) is 5.37. The van der Waals surface area contributed by atoms with Gasteiger partial charge in [-0.3, -0.25) is 0 Å². The van der Waals surface area contributed by atoms with E-state index in [1.54, 1.807) is 63.8 Å². The molecule has 2 aromatic rings. The fourth-order valence-electron chi connectivity index (χ4n) is 2.27. The highest BCUT2D eigenvalue weighted by atomic mass is 35.5. The molecule has 0 aliphatic carbocycles. The third kappa shape index (κ3) is 6.08. The Balaban J connectivity index is 1.95. The van der Waals surface area contributed by atoms with Gasteiger partial charge in [-0.2, -0.15) is 0 Å². The summed E-state index contributed by atoms with van der Waals surface area (Å²) in [6.45, 7) is 0.126. The molecule has 5 nitrogen and oxygen atoms in total. The Labute approximate surface area is 163 Å². The fraction of sp³-hybridized carbons (Fsp3) is 0.190. The minimum atomic E-state index is -0.436. The maximum Gasteiger partial charge on any atom is 0.331 e. The highest BCUT2D eigenvalue weighted by Crippen LogP contribution is 2.35. The molecule has 2 aromatic carbocycles. The molecule has 0 saturated carbocycles. The number of esters is 1. The Morgan fingerprint density at radius 3 is 2.19 bits per heavy atom. The monoisotopic (exact) mass is 388 g/mol. The molecule has 0 saturated heterocycles. The van der Waals surface area contributed by atoms with Gasteiger partial charge in [-0.05, 0) is 35.9 Å². The van der Waals surface area contributed by atoms with Crippen molar-refractivity contribution in [3.63, 3.8) is 0 Å². The lowest BCUT2D eigenvalue weighted by Crippen LogP contribution is -2.00. The Morgan fingerprint density at radius 1 is 0.926 bits per heavy atom. The summed E-state index contributed by atoms with van der Waals surface area (Å²) >= 11 is 5.82. The molecular formula is C21H21ClO5. The van der Waals surface area contributed by atoms with Gasteiger partial charge in [0.05, 0.1) is 21.3 Å². The molecule has 27 heavy (non-hydrogen) atoms. The standard InChI is InChI=1S/C21H21ClO5/c1-24-18-14-20(26-3)19(25-2)13-16(18)5-4-12-27-21(23)11-8-15-6-9-17(22)10-7-15/h4-11,13-14H,12H2,1-3H3/b5-4+,11-8+. The molecule has 0 heterocycles. The minimum Gasteiger partial charge on any atom is -0.496 e. The summed E-state index contributed by atoms with van der Waals surface area (Å²) in [5, 5.41) is 0.644. The molecule has 0 spiro atoms. The number of benzene rings is 2. The van der Waals surface area contributed by atoms with Gasteiger partial charge >= 0.3 is 5.97 Å². The van der Waals surface area contributed by atoms with Crippen molar-refractivity contribution in [2.24, 2.45) is 0 Å². The van der Waals surface area contributed by atoms with E-state index in [0.29, 0.717) is 22.3 Å². The summed E-state index contributed by atoms with van der Waals surface area (Å²) in [4.78, 5) is 11.8. The van der Waals surface area contributed by atoms with Crippen molar-refractivity contribution in [1.82, 2.24) is 0 Å². The van der Waals surface area contributed by atoms with E-state index in [4.69, 9.17) is 30.5 Å². The molecule has 0 aromatic heterocycles. The van der Waals surface area contributed by atoms with Gasteiger partial charge in [-0.25, -0.2) is 4.79 Å². The molecular weight excluding hydrogens is 368 g/mol. The molecule has 0 atom stereocenters. The van der Waals surface area contributed by atoms with E-state index in [-0.39, 0.29) is 6.61 Å². The van der Waals surface area contributed by atoms with Gasteiger partial charge in [0.25, 0.3) is 0 Å². The van der Waals surface area contributed by atoms with Crippen molar-refractivity contribution in [1.29, 1.82) is 0 Å². The first kappa shape index (κ1) is 20.4. The second-order valence-corrected chi connectivity index (χ2v) is 5.80. The van der Waals surface area contributed by atoms with Crippen LogP contribution in [-0.4, -0.2) is 33.9 Å². The number of carbonyl (C=O) groups is 1. The van der Waals surface area contributed by atoms with E-state index < -0.39 is 5.97 Å². The quantitative estimate of drug-likeness (QED) is 0.487. The van der Waals surface area contributed by atoms with E-state index in [1.165, 1.54) is 6.08 Å². The maximum atomic E-state index is 11.8. The zero-order chi connectivity index (χ0) is 19.6. The van der Waals surface area contributed by atoms with Crippen molar-refractivity contribution in [3.05, 3.63) is 64.7 Å². The highest BCUT2D eigenvalue weighted by molar-refractivity contribution is 6.30. The average Bonchev–Trinajstić information content (AvgIpc) is 2.70. The largest absolute Gasteiger partial charge is 0.496 e. The predicted molar refractivity (Wildman–Crippen MR) is 107 cm³/mol. The zero-order valence-corrected chi connectivity index (χ0v) is 16.2. The Kier molecular flexibility index (Phi) is 7.77. The number of methoxy groups -OCH3 is 3. The van der Waals surface area contributed by atoms with Gasteiger partial charge in [0, 0.05) is 22.7 Å². The number of halogens is 1. The first-order valence-electron chi connectivity index (χ1n) is 8.14. The smallest absolute Gasteiger partial charge is 0.331 e. The molecule has 0 amide bonds. The lowest BCUT2D eigenvalue weighted by Gasteiger charge is -2.12. The topological polar surface area (TPSA) is 54.0 Å². The summed E-state index contributed by atoms with van der Waals surface area (Å²) in [6, 6.07) is 10.7. The van der Waals surface area contributed by atoms with Crippen LogP contribution in [0.2, 0.25) is 5.02 Å². The van der Waals surface area contributed by atoms with Gasteiger partial charge in [0.1, 0.15) is 12.4 Å². The van der Waals surface area contributed by atoms with Crippen LogP contribution in [0.3, 0.4) is 0 Å². The van der Waals surface area contributed by atoms with Gasteiger partial charge in [0.15, 0.2) is 11.5 Å². The fourth-order valence-corrected chi connectivity index (χ4v) is 2.40. The summed E-state index contributed by atoms with van der Waals surface area (Å²) in [5.41, 5.74) is 1.64. The Morgan fingerprint density at radius 2 is 1.56 bits per heavy atom. The predicted octanol–water partition coefficient (Wildman–Crippen LogP) is 4.64. The van der Waals surface area contributed by atoms with Crippen molar-refractivity contribution < 1.29 is 23.7 Å².